The van der Waals surface area contributed by atoms with Crippen LogP contribution in [-0.2, 0) is 14.8 Å². The van der Waals surface area contributed by atoms with Crippen LogP contribution < -0.4 is 9.46 Å². The van der Waals surface area contributed by atoms with Gasteiger partial charge in [-0.05, 0) is 37.1 Å². The SMILES string of the molecule is CCC(O)CCNS(=O)(=O)c1ccc(OCC(=O)O)cc1. The van der Waals surface area contributed by atoms with Crippen LogP contribution in [0.4, 0.5) is 0 Å². The second-order valence-electron chi connectivity index (χ2n) is 4.40. The molecule has 1 aromatic rings. The van der Waals surface area contributed by atoms with E-state index in [1.807, 2.05) is 6.92 Å². The molecule has 0 bridgehead atoms. The number of aliphatic hydroxyl groups excluding tert-OH is 1. The number of aliphatic carboxylic acids is 1. The average molecular weight is 317 g/mol. The van der Waals surface area contributed by atoms with Crippen LogP contribution in [0.1, 0.15) is 19.8 Å². The molecule has 0 heterocycles. The number of hydrogen-bond donors (Lipinski definition) is 3. The van der Waals surface area contributed by atoms with Gasteiger partial charge in [0, 0.05) is 6.54 Å². The van der Waals surface area contributed by atoms with E-state index in [-0.39, 0.29) is 17.2 Å². The minimum atomic E-state index is -3.65. The summed E-state index contributed by atoms with van der Waals surface area (Å²) in [7, 11) is -3.65. The number of aliphatic hydroxyl groups is 1. The smallest absolute Gasteiger partial charge is 0.341 e. The zero-order valence-electron chi connectivity index (χ0n) is 11.7. The van der Waals surface area contributed by atoms with Gasteiger partial charge in [-0.15, -0.1) is 0 Å². The Labute approximate surface area is 123 Å². The van der Waals surface area contributed by atoms with E-state index < -0.39 is 28.7 Å². The number of nitrogens with one attached hydrogen (secondary N) is 1. The van der Waals surface area contributed by atoms with Gasteiger partial charge in [0.1, 0.15) is 5.75 Å². The molecule has 0 aliphatic heterocycles. The van der Waals surface area contributed by atoms with Gasteiger partial charge < -0.3 is 14.9 Å². The summed E-state index contributed by atoms with van der Waals surface area (Å²) in [5, 5.41) is 17.8. The van der Waals surface area contributed by atoms with Gasteiger partial charge in [0.25, 0.3) is 0 Å². The van der Waals surface area contributed by atoms with Crippen molar-refractivity contribution in [2.24, 2.45) is 0 Å². The van der Waals surface area contributed by atoms with E-state index in [9.17, 15) is 18.3 Å². The van der Waals surface area contributed by atoms with Crippen molar-refractivity contribution in [3.63, 3.8) is 0 Å². The van der Waals surface area contributed by atoms with E-state index in [1.165, 1.54) is 24.3 Å². The molecule has 0 saturated heterocycles. The lowest BCUT2D eigenvalue weighted by Crippen LogP contribution is -2.27. The molecule has 1 rings (SSSR count). The predicted octanol–water partition coefficient (Wildman–Crippen LogP) is 0.589. The van der Waals surface area contributed by atoms with E-state index in [2.05, 4.69) is 4.72 Å². The van der Waals surface area contributed by atoms with Crippen LogP contribution in [0.25, 0.3) is 0 Å². The first kappa shape index (κ1) is 17.4. The number of hydrogen-bond acceptors (Lipinski definition) is 5. The van der Waals surface area contributed by atoms with Crippen molar-refractivity contribution in [1.82, 2.24) is 4.72 Å². The zero-order chi connectivity index (χ0) is 15.9. The van der Waals surface area contributed by atoms with Crippen molar-refractivity contribution >= 4 is 16.0 Å². The summed E-state index contributed by atoms with van der Waals surface area (Å²) < 4.78 is 31.2. The summed E-state index contributed by atoms with van der Waals surface area (Å²) in [6.07, 6.45) is 0.381. The minimum Gasteiger partial charge on any atom is -0.482 e. The Balaban J connectivity index is 2.60. The summed E-state index contributed by atoms with van der Waals surface area (Å²) in [4.78, 5) is 10.4. The van der Waals surface area contributed by atoms with Gasteiger partial charge in [-0.3, -0.25) is 0 Å². The Hall–Kier alpha value is -1.64. The summed E-state index contributed by atoms with van der Waals surface area (Å²) in [5.41, 5.74) is 0. The lowest BCUT2D eigenvalue weighted by Gasteiger charge is -2.10. The van der Waals surface area contributed by atoms with Crippen molar-refractivity contribution in [3.8, 4) is 5.75 Å². The Kier molecular flexibility index (Phi) is 6.60. The molecule has 0 spiro atoms. The van der Waals surface area contributed by atoms with E-state index in [1.54, 1.807) is 0 Å². The van der Waals surface area contributed by atoms with Crippen molar-refractivity contribution in [1.29, 1.82) is 0 Å². The molecule has 0 radical (unpaired) electrons. The van der Waals surface area contributed by atoms with Gasteiger partial charge in [0.05, 0.1) is 11.0 Å². The number of sulfonamides is 1. The fraction of sp³-hybridized carbons (Fsp3) is 0.462. The lowest BCUT2D eigenvalue weighted by molar-refractivity contribution is -0.139. The molecule has 0 aliphatic carbocycles. The van der Waals surface area contributed by atoms with Gasteiger partial charge >= 0.3 is 5.97 Å². The molecule has 0 aliphatic rings. The van der Waals surface area contributed by atoms with E-state index in [0.717, 1.165) is 0 Å². The second-order valence-corrected chi connectivity index (χ2v) is 6.17. The predicted molar refractivity (Wildman–Crippen MR) is 75.7 cm³/mol. The fourth-order valence-electron chi connectivity index (χ4n) is 1.51. The third-order valence-corrected chi connectivity index (χ3v) is 4.21. The maximum absolute atomic E-state index is 12.0. The Morgan fingerprint density at radius 2 is 1.95 bits per heavy atom. The fourth-order valence-corrected chi connectivity index (χ4v) is 2.56. The Morgan fingerprint density at radius 1 is 1.33 bits per heavy atom. The number of ether oxygens (including phenoxy) is 1. The normalized spacial score (nSPS) is 12.9. The summed E-state index contributed by atoms with van der Waals surface area (Å²) >= 11 is 0. The van der Waals surface area contributed by atoms with Crippen LogP contribution in [0.15, 0.2) is 29.2 Å². The van der Waals surface area contributed by atoms with Crippen molar-refractivity contribution in [2.45, 2.75) is 30.8 Å². The summed E-state index contributed by atoms with van der Waals surface area (Å²) in [6.45, 7) is 1.48. The maximum Gasteiger partial charge on any atom is 0.341 e. The number of benzene rings is 1. The monoisotopic (exact) mass is 317 g/mol. The molecular formula is C13H19NO6S. The van der Waals surface area contributed by atoms with Gasteiger partial charge in [0.2, 0.25) is 10.0 Å². The lowest BCUT2D eigenvalue weighted by atomic mass is 10.2. The van der Waals surface area contributed by atoms with E-state index in [4.69, 9.17) is 9.84 Å². The van der Waals surface area contributed by atoms with E-state index >= 15 is 0 Å². The van der Waals surface area contributed by atoms with Crippen molar-refractivity contribution < 1.29 is 28.2 Å². The largest absolute Gasteiger partial charge is 0.482 e. The first-order chi connectivity index (χ1) is 9.85. The maximum atomic E-state index is 12.0. The number of carboxylic acids is 1. The topological polar surface area (TPSA) is 113 Å². The molecule has 0 aromatic heterocycles. The molecule has 1 unspecified atom stereocenters. The van der Waals surface area contributed by atoms with Crippen LogP contribution >= 0.6 is 0 Å². The highest BCUT2D eigenvalue weighted by atomic mass is 32.2. The van der Waals surface area contributed by atoms with Gasteiger partial charge in [-0.1, -0.05) is 6.92 Å². The number of carboxylic acid groups (broad SMARTS) is 1. The average Bonchev–Trinajstić information content (AvgIpc) is 2.45. The second kappa shape index (κ2) is 7.96. The molecule has 118 valence electrons. The van der Waals surface area contributed by atoms with Crippen LogP contribution in [0, 0.1) is 0 Å². The molecule has 7 nitrogen and oxygen atoms in total. The van der Waals surface area contributed by atoms with Crippen molar-refractivity contribution in [3.05, 3.63) is 24.3 Å². The first-order valence-electron chi connectivity index (χ1n) is 6.47. The first-order valence-corrected chi connectivity index (χ1v) is 7.96. The van der Waals surface area contributed by atoms with Crippen LogP contribution in [0.2, 0.25) is 0 Å². The molecule has 3 N–H and O–H groups in total. The highest BCUT2D eigenvalue weighted by molar-refractivity contribution is 7.89. The standard InChI is InChI=1S/C13H19NO6S/c1-2-10(15)7-8-14-21(18,19)12-5-3-11(4-6-12)20-9-13(16)17/h3-6,10,14-15H,2,7-9H2,1H3,(H,16,17). The van der Waals surface area contributed by atoms with Gasteiger partial charge in [-0.2, -0.15) is 0 Å². The molecule has 0 saturated carbocycles. The summed E-state index contributed by atoms with van der Waals surface area (Å²) in [6, 6.07) is 5.43. The van der Waals surface area contributed by atoms with Crippen molar-refractivity contribution in [2.75, 3.05) is 13.2 Å². The zero-order valence-corrected chi connectivity index (χ0v) is 12.5. The molecule has 0 fully saturated rings. The highest BCUT2D eigenvalue weighted by Gasteiger charge is 2.14. The van der Waals surface area contributed by atoms with E-state index in [0.29, 0.717) is 12.8 Å². The molecule has 1 atom stereocenters. The number of rotatable bonds is 9. The molecular weight excluding hydrogens is 298 g/mol. The third-order valence-electron chi connectivity index (χ3n) is 2.74. The quantitative estimate of drug-likeness (QED) is 0.614. The number of carbonyl (C=O) groups is 1. The van der Waals surface area contributed by atoms with Crippen LogP contribution in [0.3, 0.4) is 0 Å². The van der Waals surface area contributed by atoms with Gasteiger partial charge in [0.15, 0.2) is 6.61 Å². The third kappa shape index (κ3) is 6.11. The Bertz CT molecular complexity index is 555. The molecule has 0 amide bonds. The van der Waals surface area contributed by atoms with Gasteiger partial charge in [-0.25, -0.2) is 17.9 Å². The molecule has 1 aromatic carbocycles. The molecule has 8 heteroatoms. The Morgan fingerprint density at radius 3 is 2.48 bits per heavy atom. The van der Waals surface area contributed by atoms with Crippen LogP contribution in [-0.4, -0.2) is 43.9 Å². The minimum absolute atomic E-state index is 0.0520. The highest BCUT2D eigenvalue weighted by Crippen LogP contribution is 2.15. The van der Waals surface area contributed by atoms with Crippen LogP contribution in [0.5, 0.6) is 5.75 Å². The molecule has 21 heavy (non-hydrogen) atoms. The summed E-state index contributed by atoms with van der Waals surface area (Å²) in [5.74, 6) is -0.833.